The Kier molecular flexibility index (Phi) is 6.03. The number of ether oxygens (including phenoxy) is 2. The minimum atomic E-state index is -0.637. The van der Waals surface area contributed by atoms with Crippen LogP contribution in [0.1, 0.15) is 0 Å². The summed E-state index contributed by atoms with van der Waals surface area (Å²) in [5.41, 5.74) is 1.18. The third kappa shape index (κ3) is 4.44. The Morgan fingerprint density at radius 1 is 1.06 bits per heavy atom. The summed E-state index contributed by atoms with van der Waals surface area (Å²) < 4.78 is 11.6. The van der Waals surface area contributed by atoms with Crippen molar-refractivity contribution in [2.45, 2.75) is 6.10 Å². The third-order valence-corrected chi connectivity index (χ3v) is 5.65. The lowest BCUT2D eigenvalue weighted by Gasteiger charge is -2.37. The molecule has 1 amide bonds. The molecule has 1 atom stereocenters. The monoisotopic (exact) mass is 450 g/mol. The molecule has 1 unspecified atom stereocenters. The SMILES string of the molecule is CNCCNc1nc(N2CCN(C(=O)C3COc4ccccc4O3)CC2)nc2nccnc12. The predicted molar refractivity (Wildman–Crippen MR) is 123 cm³/mol. The second-order valence-electron chi connectivity index (χ2n) is 7.81. The van der Waals surface area contributed by atoms with Crippen molar-refractivity contribution in [2.75, 3.05) is 63.1 Å². The standard InChI is InChI=1S/C22H26N8O3/c1-23-6-7-25-19-18-20(26-9-8-24-18)28-22(27-19)30-12-10-29(11-13-30)21(31)17-14-32-15-4-2-3-5-16(15)33-17/h2-5,8-9,17,23H,6-7,10-14H2,1H3,(H,25,26,27,28). The molecule has 1 aromatic carbocycles. The number of nitrogens with one attached hydrogen (secondary N) is 2. The summed E-state index contributed by atoms with van der Waals surface area (Å²) in [7, 11) is 1.90. The van der Waals surface area contributed by atoms with E-state index in [-0.39, 0.29) is 12.5 Å². The topological polar surface area (TPSA) is 118 Å². The number of carbonyl (C=O) groups excluding carboxylic acids is 1. The first-order valence-electron chi connectivity index (χ1n) is 11.0. The summed E-state index contributed by atoms with van der Waals surface area (Å²) in [5, 5.41) is 6.41. The van der Waals surface area contributed by atoms with Crippen molar-refractivity contribution in [3.05, 3.63) is 36.7 Å². The second-order valence-corrected chi connectivity index (χ2v) is 7.81. The first-order valence-corrected chi connectivity index (χ1v) is 11.0. The first kappa shape index (κ1) is 21.1. The zero-order valence-corrected chi connectivity index (χ0v) is 18.4. The molecule has 0 spiro atoms. The normalized spacial score (nSPS) is 17.8. The van der Waals surface area contributed by atoms with Gasteiger partial charge in [-0.2, -0.15) is 9.97 Å². The highest BCUT2D eigenvalue weighted by atomic mass is 16.6. The van der Waals surface area contributed by atoms with Gasteiger partial charge in [0.2, 0.25) is 12.1 Å². The molecular formula is C22H26N8O3. The van der Waals surface area contributed by atoms with E-state index in [4.69, 9.17) is 14.5 Å². The van der Waals surface area contributed by atoms with Gasteiger partial charge < -0.3 is 29.9 Å². The Hall–Kier alpha value is -3.73. The van der Waals surface area contributed by atoms with Crippen LogP contribution in [-0.2, 0) is 4.79 Å². The molecule has 4 heterocycles. The molecule has 0 aliphatic carbocycles. The molecule has 2 aliphatic heterocycles. The van der Waals surface area contributed by atoms with Crippen LogP contribution in [0.2, 0.25) is 0 Å². The number of hydrogen-bond donors (Lipinski definition) is 2. The Labute approximate surface area is 191 Å². The van der Waals surface area contributed by atoms with Gasteiger partial charge in [0.1, 0.15) is 6.61 Å². The van der Waals surface area contributed by atoms with Crippen molar-refractivity contribution in [3.8, 4) is 11.5 Å². The lowest BCUT2D eigenvalue weighted by atomic mass is 10.2. The fraction of sp³-hybridized carbons (Fsp3) is 0.409. The van der Waals surface area contributed by atoms with Gasteiger partial charge in [0.15, 0.2) is 28.5 Å². The largest absolute Gasteiger partial charge is 0.485 e. The molecular weight excluding hydrogens is 424 g/mol. The minimum Gasteiger partial charge on any atom is -0.485 e. The number of rotatable bonds is 6. The molecule has 0 bridgehead atoms. The van der Waals surface area contributed by atoms with Gasteiger partial charge in [-0.25, -0.2) is 9.97 Å². The number of amides is 1. The van der Waals surface area contributed by atoms with Crippen LogP contribution in [-0.4, -0.2) is 89.8 Å². The number of piperazine rings is 1. The van der Waals surface area contributed by atoms with Crippen molar-refractivity contribution >= 4 is 28.8 Å². The molecule has 1 fully saturated rings. The zero-order chi connectivity index (χ0) is 22.6. The van der Waals surface area contributed by atoms with Gasteiger partial charge in [0.05, 0.1) is 0 Å². The van der Waals surface area contributed by atoms with Gasteiger partial charge in [-0.3, -0.25) is 4.79 Å². The van der Waals surface area contributed by atoms with Gasteiger partial charge in [-0.05, 0) is 19.2 Å². The number of aromatic nitrogens is 4. The first-order chi connectivity index (χ1) is 16.2. The molecule has 172 valence electrons. The molecule has 2 aromatic heterocycles. The third-order valence-electron chi connectivity index (χ3n) is 5.65. The average molecular weight is 451 g/mol. The number of anilines is 2. The summed E-state index contributed by atoms with van der Waals surface area (Å²) in [6.45, 7) is 4.02. The maximum Gasteiger partial charge on any atom is 0.267 e. The average Bonchev–Trinajstić information content (AvgIpc) is 2.88. The fourth-order valence-corrected chi connectivity index (χ4v) is 3.89. The predicted octanol–water partition coefficient (Wildman–Crippen LogP) is 0.540. The molecule has 33 heavy (non-hydrogen) atoms. The number of fused-ring (bicyclic) bond motifs is 2. The lowest BCUT2D eigenvalue weighted by molar-refractivity contribution is -0.141. The van der Waals surface area contributed by atoms with E-state index in [1.54, 1.807) is 12.4 Å². The molecule has 5 rings (SSSR count). The maximum absolute atomic E-state index is 13.0. The Morgan fingerprint density at radius 3 is 2.67 bits per heavy atom. The smallest absolute Gasteiger partial charge is 0.267 e. The van der Waals surface area contributed by atoms with E-state index in [0.717, 1.165) is 6.54 Å². The summed E-state index contributed by atoms with van der Waals surface area (Å²) in [6.07, 6.45) is 2.62. The molecule has 0 saturated carbocycles. The van der Waals surface area contributed by atoms with Crippen molar-refractivity contribution in [3.63, 3.8) is 0 Å². The lowest BCUT2D eigenvalue weighted by Crippen LogP contribution is -2.54. The fourth-order valence-electron chi connectivity index (χ4n) is 3.89. The van der Waals surface area contributed by atoms with E-state index >= 15 is 0 Å². The van der Waals surface area contributed by atoms with Crippen LogP contribution in [0.5, 0.6) is 11.5 Å². The highest BCUT2D eigenvalue weighted by molar-refractivity contribution is 5.84. The Balaban J connectivity index is 1.26. The number of hydrogen-bond acceptors (Lipinski definition) is 10. The number of nitrogens with zero attached hydrogens (tertiary/aromatic N) is 6. The summed E-state index contributed by atoms with van der Waals surface area (Å²) in [6, 6.07) is 7.40. The van der Waals surface area contributed by atoms with E-state index in [1.165, 1.54) is 0 Å². The summed E-state index contributed by atoms with van der Waals surface area (Å²) >= 11 is 0. The molecule has 0 radical (unpaired) electrons. The van der Waals surface area contributed by atoms with Crippen LogP contribution in [0.3, 0.4) is 0 Å². The van der Waals surface area contributed by atoms with E-state index in [9.17, 15) is 4.79 Å². The van der Waals surface area contributed by atoms with Gasteiger partial charge in [-0.15, -0.1) is 0 Å². The van der Waals surface area contributed by atoms with E-state index in [2.05, 4.69) is 30.5 Å². The highest BCUT2D eigenvalue weighted by Crippen LogP contribution is 2.31. The number of carbonyl (C=O) groups is 1. The number of likely N-dealkylation sites (N-methyl/N-ethyl adjacent to an activating group) is 1. The van der Waals surface area contributed by atoms with Crippen LogP contribution >= 0.6 is 0 Å². The quantitative estimate of drug-likeness (QED) is 0.515. The Bertz CT molecular complexity index is 1140. The van der Waals surface area contributed by atoms with Crippen molar-refractivity contribution in [1.29, 1.82) is 0 Å². The molecule has 2 aliphatic rings. The van der Waals surface area contributed by atoms with Gasteiger partial charge in [-0.1, -0.05) is 12.1 Å². The second kappa shape index (κ2) is 9.41. The highest BCUT2D eigenvalue weighted by Gasteiger charge is 2.33. The van der Waals surface area contributed by atoms with E-state index in [0.29, 0.717) is 67.2 Å². The van der Waals surface area contributed by atoms with Gasteiger partial charge in [0, 0.05) is 51.7 Å². The van der Waals surface area contributed by atoms with Crippen LogP contribution in [0.4, 0.5) is 11.8 Å². The molecule has 1 saturated heterocycles. The minimum absolute atomic E-state index is 0.0659. The maximum atomic E-state index is 13.0. The Morgan fingerprint density at radius 2 is 1.85 bits per heavy atom. The van der Waals surface area contributed by atoms with Crippen molar-refractivity contribution in [2.24, 2.45) is 0 Å². The van der Waals surface area contributed by atoms with Crippen molar-refractivity contribution < 1.29 is 14.3 Å². The van der Waals surface area contributed by atoms with Gasteiger partial charge in [0.25, 0.3) is 5.91 Å². The van der Waals surface area contributed by atoms with E-state index < -0.39 is 6.10 Å². The van der Waals surface area contributed by atoms with Crippen LogP contribution in [0.25, 0.3) is 11.2 Å². The number of para-hydroxylation sites is 2. The van der Waals surface area contributed by atoms with Crippen LogP contribution in [0.15, 0.2) is 36.7 Å². The number of benzene rings is 1. The molecule has 3 aromatic rings. The molecule has 2 N–H and O–H groups in total. The van der Waals surface area contributed by atoms with Crippen LogP contribution < -0.4 is 25.0 Å². The van der Waals surface area contributed by atoms with E-state index in [1.807, 2.05) is 36.2 Å². The molecule has 11 nitrogen and oxygen atoms in total. The van der Waals surface area contributed by atoms with Crippen molar-refractivity contribution in [1.82, 2.24) is 30.2 Å². The summed E-state index contributed by atoms with van der Waals surface area (Å²) in [5.74, 6) is 2.44. The zero-order valence-electron chi connectivity index (χ0n) is 18.4. The molecule has 11 heteroatoms. The van der Waals surface area contributed by atoms with Gasteiger partial charge >= 0.3 is 0 Å². The van der Waals surface area contributed by atoms with Crippen LogP contribution in [0, 0.1) is 0 Å². The summed E-state index contributed by atoms with van der Waals surface area (Å²) in [4.78, 5) is 34.9.